The van der Waals surface area contributed by atoms with Gasteiger partial charge in [-0.05, 0) is 30.5 Å². The van der Waals surface area contributed by atoms with Gasteiger partial charge in [0.15, 0.2) is 0 Å². The molecule has 0 N–H and O–H groups in total. The van der Waals surface area contributed by atoms with E-state index in [1.54, 1.807) is 0 Å². The van der Waals surface area contributed by atoms with Gasteiger partial charge in [-0.1, -0.05) is 44.2 Å². The van der Waals surface area contributed by atoms with E-state index in [-0.39, 0.29) is 0 Å². The molecule has 0 bridgehead atoms. The summed E-state index contributed by atoms with van der Waals surface area (Å²) in [6.45, 7) is 5.39. The van der Waals surface area contributed by atoms with Gasteiger partial charge in [-0.3, -0.25) is 9.67 Å². The predicted octanol–water partition coefficient (Wildman–Crippen LogP) is 5.21. The van der Waals surface area contributed by atoms with Crippen molar-refractivity contribution in [2.75, 3.05) is 0 Å². The number of para-hydroxylation sites is 1. The van der Waals surface area contributed by atoms with Gasteiger partial charge in [0.05, 0.1) is 23.1 Å². The minimum atomic E-state index is 0.665. The third kappa shape index (κ3) is 3.36. The van der Waals surface area contributed by atoms with Crippen molar-refractivity contribution in [3.05, 3.63) is 67.1 Å². The molecule has 4 aromatic rings. The molecule has 0 saturated heterocycles. The minimum Gasteiger partial charge on any atom is -0.272 e. The first-order valence-corrected chi connectivity index (χ1v) is 9.05. The van der Waals surface area contributed by atoms with Crippen LogP contribution in [0.1, 0.15) is 20.3 Å². The zero-order valence-electron chi connectivity index (χ0n) is 15.1. The second-order valence-corrected chi connectivity index (χ2v) is 6.96. The van der Waals surface area contributed by atoms with E-state index in [2.05, 4.69) is 48.3 Å². The van der Waals surface area contributed by atoms with Gasteiger partial charge < -0.3 is 0 Å². The van der Waals surface area contributed by atoms with Crippen molar-refractivity contribution < 1.29 is 0 Å². The van der Waals surface area contributed by atoms with Gasteiger partial charge in [0.1, 0.15) is 0 Å². The number of rotatable bonds is 5. The van der Waals surface area contributed by atoms with E-state index >= 15 is 0 Å². The van der Waals surface area contributed by atoms with Crippen LogP contribution in [0.15, 0.2) is 67.1 Å². The van der Waals surface area contributed by atoms with E-state index in [0.717, 1.165) is 46.4 Å². The fourth-order valence-electron chi connectivity index (χ4n) is 3.06. The van der Waals surface area contributed by atoms with Crippen LogP contribution < -0.4 is 0 Å². The Kier molecular flexibility index (Phi) is 4.48. The van der Waals surface area contributed by atoms with Gasteiger partial charge in [0, 0.05) is 35.5 Å². The summed E-state index contributed by atoms with van der Waals surface area (Å²) in [4.78, 5) is 9.42. The van der Waals surface area contributed by atoms with Gasteiger partial charge in [-0.15, -0.1) is 0 Å². The van der Waals surface area contributed by atoms with Crippen LogP contribution in [-0.2, 0) is 6.54 Å². The number of fused-ring (bicyclic) bond motifs is 1. The summed E-state index contributed by atoms with van der Waals surface area (Å²) in [6.07, 6.45) is 6.96. The molecule has 0 saturated carbocycles. The number of aryl methyl sites for hydroxylation is 1. The quantitative estimate of drug-likeness (QED) is 0.500. The topological polar surface area (TPSA) is 43.6 Å². The lowest BCUT2D eigenvalue weighted by Gasteiger charge is -2.07. The third-order valence-electron chi connectivity index (χ3n) is 4.53. The lowest BCUT2D eigenvalue weighted by Crippen LogP contribution is -2.01. The first-order valence-electron chi connectivity index (χ1n) is 9.05. The van der Waals surface area contributed by atoms with Crippen LogP contribution in [0.25, 0.3) is 33.4 Å². The third-order valence-corrected chi connectivity index (χ3v) is 4.53. The van der Waals surface area contributed by atoms with Crippen LogP contribution in [0.2, 0.25) is 0 Å². The van der Waals surface area contributed by atoms with Crippen molar-refractivity contribution in [2.24, 2.45) is 5.92 Å². The number of hydrogen-bond acceptors (Lipinski definition) is 3. The molecule has 0 amide bonds. The summed E-state index contributed by atoms with van der Waals surface area (Å²) in [7, 11) is 0. The zero-order valence-corrected chi connectivity index (χ0v) is 15.1. The fourth-order valence-corrected chi connectivity index (χ4v) is 3.06. The van der Waals surface area contributed by atoms with Crippen molar-refractivity contribution in [1.82, 2.24) is 19.7 Å². The smallest absolute Gasteiger partial charge is 0.0965 e. The molecular formula is C22H22N4. The maximum Gasteiger partial charge on any atom is 0.0965 e. The van der Waals surface area contributed by atoms with E-state index in [1.165, 1.54) is 0 Å². The van der Waals surface area contributed by atoms with Gasteiger partial charge in [0.25, 0.3) is 0 Å². The molecule has 0 radical (unpaired) electrons. The second-order valence-electron chi connectivity index (χ2n) is 6.96. The molecule has 0 aliphatic carbocycles. The molecule has 130 valence electrons. The van der Waals surface area contributed by atoms with E-state index < -0.39 is 0 Å². The Hall–Kier alpha value is -3.01. The molecule has 0 aliphatic rings. The molecule has 0 spiro atoms. The molecule has 0 aliphatic heterocycles. The van der Waals surface area contributed by atoms with Crippen LogP contribution in [0, 0.1) is 5.92 Å². The average Bonchev–Trinajstić information content (AvgIpc) is 3.15. The average molecular weight is 342 g/mol. The van der Waals surface area contributed by atoms with Gasteiger partial charge in [-0.25, -0.2) is 4.98 Å². The molecule has 0 unspecified atom stereocenters. The number of aromatic nitrogens is 4. The SMILES string of the molecule is CC(C)CCn1cc(-c2cccnc2-c2ccc3ccccc3n2)cn1. The lowest BCUT2D eigenvalue weighted by atomic mass is 10.0. The summed E-state index contributed by atoms with van der Waals surface area (Å²) in [5.41, 5.74) is 4.89. The Balaban J connectivity index is 1.72. The second kappa shape index (κ2) is 7.08. The largest absolute Gasteiger partial charge is 0.272 e. The molecule has 26 heavy (non-hydrogen) atoms. The highest BCUT2D eigenvalue weighted by molar-refractivity contribution is 5.84. The first-order chi connectivity index (χ1) is 12.7. The van der Waals surface area contributed by atoms with E-state index in [1.807, 2.05) is 47.4 Å². The number of nitrogens with zero attached hydrogens (tertiary/aromatic N) is 4. The molecule has 1 aromatic carbocycles. The van der Waals surface area contributed by atoms with E-state index in [4.69, 9.17) is 4.98 Å². The highest BCUT2D eigenvalue weighted by Crippen LogP contribution is 2.30. The highest BCUT2D eigenvalue weighted by Gasteiger charge is 2.12. The van der Waals surface area contributed by atoms with E-state index in [9.17, 15) is 0 Å². The summed E-state index contributed by atoms with van der Waals surface area (Å²) in [6, 6.07) is 16.3. The Morgan fingerprint density at radius 2 is 1.88 bits per heavy atom. The van der Waals surface area contributed by atoms with Crippen molar-refractivity contribution in [3.8, 4) is 22.5 Å². The zero-order chi connectivity index (χ0) is 17.9. The molecule has 4 nitrogen and oxygen atoms in total. The molecule has 3 heterocycles. The first kappa shape index (κ1) is 16.5. The molecule has 0 fully saturated rings. The molecule has 3 aromatic heterocycles. The maximum absolute atomic E-state index is 4.81. The summed E-state index contributed by atoms with van der Waals surface area (Å²) in [5, 5.41) is 5.65. The Morgan fingerprint density at radius 3 is 2.77 bits per heavy atom. The van der Waals surface area contributed by atoms with Gasteiger partial charge >= 0.3 is 0 Å². The van der Waals surface area contributed by atoms with Crippen LogP contribution in [0.5, 0.6) is 0 Å². The summed E-state index contributed by atoms with van der Waals surface area (Å²) < 4.78 is 2.01. The van der Waals surface area contributed by atoms with Crippen molar-refractivity contribution in [2.45, 2.75) is 26.8 Å². The highest BCUT2D eigenvalue weighted by atomic mass is 15.3. The molecule has 4 heteroatoms. The van der Waals surface area contributed by atoms with Gasteiger partial charge in [0.2, 0.25) is 0 Å². The predicted molar refractivity (Wildman–Crippen MR) is 106 cm³/mol. The van der Waals surface area contributed by atoms with Gasteiger partial charge in [-0.2, -0.15) is 5.10 Å². The number of pyridine rings is 2. The van der Waals surface area contributed by atoms with Crippen LogP contribution in [0.4, 0.5) is 0 Å². The Labute approximate surface area is 153 Å². The fraction of sp³-hybridized carbons (Fsp3) is 0.227. The van der Waals surface area contributed by atoms with Crippen molar-refractivity contribution >= 4 is 10.9 Å². The summed E-state index contributed by atoms with van der Waals surface area (Å²) in [5.74, 6) is 0.665. The Bertz CT molecular complexity index is 1030. The van der Waals surface area contributed by atoms with Crippen LogP contribution >= 0.6 is 0 Å². The summed E-state index contributed by atoms with van der Waals surface area (Å²) >= 11 is 0. The standard InChI is InChI=1S/C22H22N4/c1-16(2)11-13-26-15-18(14-24-26)19-7-5-12-23-22(19)21-10-9-17-6-3-4-8-20(17)25-21/h3-10,12,14-16H,11,13H2,1-2H3. The monoisotopic (exact) mass is 342 g/mol. The normalized spacial score (nSPS) is 11.3. The number of hydrogen-bond donors (Lipinski definition) is 0. The Morgan fingerprint density at radius 1 is 1.00 bits per heavy atom. The maximum atomic E-state index is 4.81. The number of benzene rings is 1. The minimum absolute atomic E-state index is 0.665. The molecular weight excluding hydrogens is 320 g/mol. The van der Waals surface area contributed by atoms with E-state index in [0.29, 0.717) is 5.92 Å². The molecule has 0 atom stereocenters. The molecule has 4 rings (SSSR count). The lowest BCUT2D eigenvalue weighted by molar-refractivity contribution is 0.487. The van der Waals surface area contributed by atoms with Crippen molar-refractivity contribution in [1.29, 1.82) is 0 Å². The van der Waals surface area contributed by atoms with Crippen LogP contribution in [0.3, 0.4) is 0 Å². The van der Waals surface area contributed by atoms with Crippen LogP contribution in [-0.4, -0.2) is 19.7 Å². The van der Waals surface area contributed by atoms with Crippen molar-refractivity contribution in [3.63, 3.8) is 0 Å².